The molecule has 3 aromatic rings. The second kappa shape index (κ2) is 7.22. The second-order valence-corrected chi connectivity index (χ2v) is 8.78. The van der Waals surface area contributed by atoms with Crippen LogP contribution in [0.15, 0.2) is 35.1 Å². The van der Waals surface area contributed by atoms with E-state index in [9.17, 15) is 4.79 Å². The number of hydrogen-bond donors (Lipinski definition) is 1. The predicted molar refractivity (Wildman–Crippen MR) is 108 cm³/mol. The molecule has 1 aliphatic heterocycles. The number of para-hydroxylation sites is 2. The molecule has 1 aliphatic carbocycles. The summed E-state index contributed by atoms with van der Waals surface area (Å²) in [5.41, 5.74) is 2.08. The number of nitrogens with zero attached hydrogens (tertiary/aromatic N) is 2. The molecule has 0 spiro atoms. The van der Waals surface area contributed by atoms with E-state index in [1.165, 1.54) is 21.9 Å². The zero-order valence-corrected chi connectivity index (χ0v) is 16.8. The Bertz CT molecular complexity index is 1070. The number of likely N-dealkylation sites (N-methyl/N-ethyl adjacent to an activating group) is 1. The maximum Gasteiger partial charge on any atom is 0.259 e. The molecule has 2 aromatic heterocycles. The smallest absolute Gasteiger partial charge is 0.259 e. The lowest BCUT2D eigenvalue weighted by Gasteiger charge is -2.27. The standard InChI is InChI=1S/C21H23N3O3S/c1-23(12-15-13-26-17-7-3-4-8-18(17)27-15)11-14-10-20(25)24-16-6-2-5-9-19(16)28-21(24)22-14/h3-4,7-8,10,15H,2,5-6,9,11-13H2,1H3/p+1/t15-/m1/s1. The van der Waals surface area contributed by atoms with Gasteiger partial charge in [-0.05, 0) is 37.8 Å². The zero-order chi connectivity index (χ0) is 19.1. The SMILES string of the molecule is C[NH+](Cc1cc(=O)n2c3c(sc2n1)CCCC3)C[C@@H]1COc2ccccc2O1. The van der Waals surface area contributed by atoms with Crippen LogP contribution in [0.3, 0.4) is 0 Å². The van der Waals surface area contributed by atoms with Gasteiger partial charge in [0, 0.05) is 16.6 Å². The zero-order valence-electron chi connectivity index (χ0n) is 15.9. The summed E-state index contributed by atoms with van der Waals surface area (Å²) < 4.78 is 13.7. The monoisotopic (exact) mass is 398 g/mol. The molecule has 6 nitrogen and oxygen atoms in total. The molecular formula is C21H24N3O3S+. The van der Waals surface area contributed by atoms with Gasteiger partial charge >= 0.3 is 0 Å². The van der Waals surface area contributed by atoms with Crippen LogP contribution >= 0.6 is 11.3 Å². The summed E-state index contributed by atoms with van der Waals surface area (Å²) in [6.07, 6.45) is 4.42. The predicted octanol–water partition coefficient (Wildman–Crippen LogP) is 1.49. The number of benzene rings is 1. The molecule has 0 fully saturated rings. The van der Waals surface area contributed by atoms with E-state index in [0.717, 1.165) is 48.0 Å². The first-order valence-corrected chi connectivity index (χ1v) is 10.7. The number of ether oxygens (including phenoxy) is 2. The number of aromatic nitrogens is 2. The van der Waals surface area contributed by atoms with Crippen molar-refractivity contribution in [2.45, 2.75) is 38.3 Å². The van der Waals surface area contributed by atoms with E-state index in [2.05, 4.69) is 7.05 Å². The van der Waals surface area contributed by atoms with Gasteiger partial charge in [-0.2, -0.15) is 0 Å². The lowest BCUT2D eigenvalue weighted by Crippen LogP contribution is -3.09. The van der Waals surface area contributed by atoms with E-state index < -0.39 is 0 Å². The van der Waals surface area contributed by atoms with Gasteiger partial charge in [0.05, 0.1) is 7.05 Å². The molecule has 1 aromatic carbocycles. The third-order valence-electron chi connectivity index (χ3n) is 5.44. The van der Waals surface area contributed by atoms with Crippen molar-refractivity contribution in [1.29, 1.82) is 0 Å². The summed E-state index contributed by atoms with van der Waals surface area (Å²) in [7, 11) is 2.10. The van der Waals surface area contributed by atoms with E-state index >= 15 is 0 Å². The molecule has 2 aliphatic rings. The van der Waals surface area contributed by atoms with Crippen LogP contribution in [0.25, 0.3) is 4.96 Å². The molecule has 0 amide bonds. The third-order valence-corrected chi connectivity index (χ3v) is 6.58. The van der Waals surface area contributed by atoms with Crippen molar-refractivity contribution in [3.8, 4) is 11.5 Å². The highest BCUT2D eigenvalue weighted by atomic mass is 32.1. The van der Waals surface area contributed by atoms with Crippen LogP contribution in [-0.2, 0) is 19.4 Å². The van der Waals surface area contributed by atoms with Crippen molar-refractivity contribution in [2.24, 2.45) is 0 Å². The minimum Gasteiger partial charge on any atom is -0.486 e. The number of aryl methyl sites for hydroxylation is 2. The van der Waals surface area contributed by atoms with Crippen LogP contribution in [-0.4, -0.2) is 35.7 Å². The molecule has 5 rings (SSSR count). The van der Waals surface area contributed by atoms with Crippen LogP contribution in [0.1, 0.15) is 29.1 Å². The average Bonchev–Trinajstić information content (AvgIpc) is 3.06. The molecule has 0 bridgehead atoms. The highest BCUT2D eigenvalue weighted by Gasteiger charge is 2.25. The van der Waals surface area contributed by atoms with Gasteiger partial charge in [0.25, 0.3) is 5.56 Å². The number of hydrogen-bond acceptors (Lipinski definition) is 5. The fraction of sp³-hybridized carbons (Fsp3) is 0.429. The summed E-state index contributed by atoms with van der Waals surface area (Å²) in [5, 5.41) is 0. The highest BCUT2D eigenvalue weighted by Crippen LogP contribution is 2.30. The Kier molecular flexibility index (Phi) is 4.56. The van der Waals surface area contributed by atoms with Crippen LogP contribution < -0.4 is 19.9 Å². The van der Waals surface area contributed by atoms with Crippen molar-refractivity contribution in [3.63, 3.8) is 0 Å². The average molecular weight is 399 g/mol. The van der Waals surface area contributed by atoms with E-state index in [-0.39, 0.29) is 11.7 Å². The van der Waals surface area contributed by atoms with Gasteiger partial charge < -0.3 is 14.4 Å². The summed E-state index contributed by atoms with van der Waals surface area (Å²) in [6, 6.07) is 9.46. The third kappa shape index (κ3) is 3.29. The van der Waals surface area contributed by atoms with Crippen molar-refractivity contribution < 1.29 is 14.4 Å². The molecule has 146 valence electrons. The summed E-state index contributed by atoms with van der Waals surface area (Å²) >= 11 is 1.68. The van der Waals surface area contributed by atoms with Crippen molar-refractivity contribution in [2.75, 3.05) is 20.2 Å². The molecule has 1 unspecified atom stereocenters. The maximum atomic E-state index is 12.7. The van der Waals surface area contributed by atoms with Crippen LogP contribution in [0.5, 0.6) is 11.5 Å². The topological polar surface area (TPSA) is 57.3 Å². The minimum atomic E-state index is -0.00576. The van der Waals surface area contributed by atoms with Gasteiger partial charge in [-0.15, -0.1) is 11.3 Å². The highest BCUT2D eigenvalue weighted by molar-refractivity contribution is 7.17. The molecule has 0 saturated carbocycles. The van der Waals surface area contributed by atoms with E-state index in [0.29, 0.717) is 13.2 Å². The fourth-order valence-corrected chi connectivity index (χ4v) is 5.40. The molecule has 28 heavy (non-hydrogen) atoms. The van der Waals surface area contributed by atoms with Gasteiger partial charge in [0.1, 0.15) is 25.4 Å². The fourth-order valence-electron chi connectivity index (χ4n) is 4.17. The quantitative estimate of drug-likeness (QED) is 0.724. The summed E-state index contributed by atoms with van der Waals surface area (Å²) in [4.78, 5) is 20.9. The molecule has 0 saturated heterocycles. The lowest BCUT2D eigenvalue weighted by molar-refractivity contribution is -0.896. The first-order valence-electron chi connectivity index (χ1n) is 9.90. The van der Waals surface area contributed by atoms with Gasteiger partial charge in [0.15, 0.2) is 22.6 Å². The molecule has 0 radical (unpaired) electrons. The van der Waals surface area contributed by atoms with Crippen LogP contribution in [0.2, 0.25) is 0 Å². The normalized spacial score (nSPS) is 19.4. The molecule has 1 N–H and O–H groups in total. The first-order chi connectivity index (χ1) is 13.7. The Balaban J connectivity index is 1.31. The van der Waals surface area contributed by atoms with Crippen LogP contribution in [0, 0.1) is 0 Å². The first kappa shape index (κ1) is 17.7. The number of fused-ring (bicyclic) bond motifs is 4. The Hall–Kier alpha value is -2.38. The van der Waals surface area contributed by atoms with E-state index in [4.69, 9.17) is 14.5 Å². The molecular weight excluding hydrogens is 374 g/mol. The summed E-state index contributed by atoms with van der Waals surface area (Å²) in [5.74, 6) is 1.60. The van der Waals surface area contributed by atoms with Crippen molar-refractivity contribution in [3.05, 3.63) is 57.0 Å². The van der Waals surface area contributed by atoms with Gasteiger partial charge in [-0.1, -0.05) is 12.1 Å². The lowest BCUT2D eigenvalue weighted by atomic mass is 10.0. The van der Waals surface area contributed by atoms with Crippen molar-refractivity contribution in [1.82, 2.24) is 9.38 Å². The maximum absolute atomic E-state index is 12.7. The Labute approximate surface area is 167 Å². The second-order valence-electron chi connectivity index (χ2n) is 7.72. The number of nitrogens with one attached hydrogen (secondary N) is 1. The van der Waals surface area contributed by atoms with Crippen molar-refractivity contribution >= 4 is 16.3 Å². The number of thiazole rings is 1. The molecule has 2 atom stereocenters. The molecule has 7 heteroatoms. The Morgan fingerprint density at radius 3 is 2.96 bits per heavy atom. The largest absolute Gasteiger partial charge is 0.486 e. The number of quaternary nitrogens is 1. The summed E-state index contributed by atoms with van der Waals surface area (Å²) in [6.45, 7) is 2.02. The van der Waals surface area contributed by atoms with Gasteiger partial charge in [-0.25, -0.2) is 4.98 Å². The van der Waals surface area contributed by atoms with E-state index in [1.807, 2.05) is 28.7 Å². The Morgan fingerprint density at radius 1 is 1.25 bits per heavy atom. The van der Waals surface area contributed by atoms with Crippen LogP contribution in [0.4, 0.5) is 0 Å². The van der Waals surface area contributed by atoms with Gasteiger partial charge in [-0.3, -0.25) is 9.20 Å². The number of rotatable bonds is 4. The van der Waals surface area contributed by atoms with Gasteiger partial charge in [0.2, 0.25) is 0 Å². The molecule has 3 heterocycles. The van der Waals surface area contributed by atoms with E-state index in [1.54, 1.807) is 17.4 Å². The minimum absolute atomic E-state index is 0.00576. The Morgan fingerprint density at radius 2 is 2.07 bits per heavy atom.